The number of halogens is 1. The second-order valence-electron chi connectivity index (χ2n) is 6.93. The van der Waals surface area contributed by atoms with Crippen molar-refractivity contribution in [2.45, 2.75) is 26.7 Å². The number of Topliss-reactive ketones (excluding diaryl/α,β-unsaturated/α-hetero) is 1. The summed E-state index contributed by atoms with van der Waals surface area (Å²) in [5, 5.41) is 4.44. The zero-order chi connectivity index (χ0) is 19.8. The van der Waals surface area contributed by atoms with Gasteiger partial charge in [-0.05, 0) is 50.5 Å². The molecular weight excluding hydrogens is 357 g/mol. The van der Waals surface area contributed by atoms with E-state index in [-0.39, 0.29) is 11.3 Å². The Morgan fingerprint density at radius 2 is 1.79 bits per heavy atom. The number of hydrogen-bond donors (Lipinski definition) is 0. The molecule has 1 aliphatic rings. The first-order chi connectivity index (χ1) is 13.5. The van der Waals surface area contributed by atoms with E-state index in [4.69, 9.17) is 0 Å². The Hall–Kier alpha value is -3.28. The summed E-state index contributed by atoms with van der Waals surface area (Å²) in [7, 11) is 0. The zero-order valence-electron chi connectivity index (χ0n) is 15.8. The molecule has 0 saturated carbocycles. The summed E-state index contributed by atoms with van der Waals surface area (Å²) in [5.74, 6) is -1.86. The number of rotatable bonds is 3. The van der Waals surface area contributed by atoms with Gasteiger partial charge in [-0.3, -0.25) is 9.59 Å². The molecule has 6 heteroatoms. The summed E-state index contributed by atoms with van der Waals surface area (Å²) < 4.78 is 16.1. The van der Waals surface area contributed by atoms with E-state index < -0.39 is 17.5 Å². The van der Waals surface area contributed by atoms with Crippen LogP contribution >= 0.6 is 0 Å². The quantitative estimate of drug-likeness (QED) is 0.515. The maximum atomic E-state index is 14.4. The molecule has 2 aromatic carbocycles. The van der Waals surface area contributed by atoms with Crippen molar-refractivity contribution < 1.29 is 14.0 Å². The highest BCUT2D eigenvalue weighted by Gasteiger charge is 2.33. The number of nitrogens with zero attached hydrogens (tertiary/aromatic N) is 3. The van der Waals surface area contributed by atoms with Crippen molar-refractivity contribution in [3.63, 3.8) is 0 Å². The van der Waals surface area contributed by atoms with Gasteiger partial charge in [-0.2, -0.15) is 5.10 Å². The predicted molar refractivity (Wildman–Crippen MR) is 104 cm³/mol. The van der Waals surface area contributed by atoms with E-state index in [0.29, 0.717) is 30.8 Å². The topological polar surface area (TPSA) is 55.2 Å². The minimum atomic E-state index is -0.718. The monoisotopic (exact) mass is 377 g/mol. The standard InChI is InChI=1S/C22H20FN3O2/c1-14-19(15(2)26(24-14)17-10-4-3-5-11-17)21(27)22(28)25-13-7-9-16-8-6-12-18(23)20(16)25/h3-6,8,10-12H,7,9,13H2,1-2H3. The Balaban J connectivity index is 1.72. The fourth-order valence-corrected chi connectivity index (χ4v) is 3.83. The Morgan fingerprint density at radius 1 is 1.04 bits per heavy atom. The number of carbonyl (C=O) groups excluding carboxylic acids is 2. The van der Waals surface area contributed by atoms with Crippen molar-refractivity contribution in [3.8, 4) is 5.69 Å². The number of fused-ring (bicyclic) bond motifs is 1. The molecular formula is C22H20FN3O2. The molecule has 0 saturated heterocycles. The number of anilines is 1. The third-order valence-electron chi connectivity index (χ3n) is 5.13. The lowest BCUT2D eigenvalue weighted by molar-refractivity contribution is -0.114. The summed E-state index contributed by atoms with van der Waals surface area (Å²) in [4.78, 5) is 27.4. The molecule has 3 aromatic rings. The number of para-hydroxylation sites is 2. The number of carbonyl (C=O) groups is 2. The fourth-order valence-electron chi connectivity index (χ4n) is 3.83. The van der Waals surface area contributed by atoms with E-state index in [2.05, 4.69) is 5.10 Å². The molecule has 4 rings (SSSR count). The highest BCUT2D eigenvalue weighted by molar-refractivity contribution is 6.47. The van der Waals surface area contributed by atoms with Gasteiger partial charge in [-0.25, -0.2) is 9.07 Å². The minimum Gasteiger partial charge on any atom is -0.302 e. The van der Waals surface area contributed by atoms with E-state index in [0.717, 1.165) is 11.3 Å². The molecule has 28 heavy (non-hydrogen) atoms. The van der Waals surface area contributed by atoms with Gasteiger partial charge < -0.3 is 4.90 Å². The predicted octanol–water partition coefficient (Wildman–Crippen LogP) is 3.79. The van der Waals surface area contributed by atoms with Gasteiger partial charge in [0, 0.05) is 6.54 Å². The lowest BCUT2D eigenvalue weighted by atomic mass is 9.99. The molecule has 0 bridgehead atoms. The van der Waals surface area contributed by atoms with Gasteiger partial charge in [0.2, 0.25) is 0 Å². The van der Waals surface area contributed by atoms with Gasteiger partial charge in [-0.1, -0.05) is 30.3 Å². The number of hydrogen-bond acceptors (Lipinski definition) is 3. The Morgan fingerprint density at radius 3 is 2.54 bits per heavy atom. The van der Waals surface area contributed by atoms with Crippen LogP contribution in [0.3, 0.4) is 0 Å². The summed E-state index contributed by atoms with van der Waals surface area (Å²) >= 11 is 0. The van der Waals surface area contributed by atoms with Gasteiger partial charge in [0.15, 0.2) is 0 Å². The van der Waals surface area contributed by atoms with Gasteiger partial charge >= 0.3 is 0 Å². The number of benzene rings is 2. The normalized spacial score (nSPS) is 13.3. The van der Waals surface area contributed by atoms with Crippen LogP contribution in [0.15, 0.2) is 48.5 Å². The van der Waals surface area contributed by atoms with Crippen LogP contribution in [0.1, 0.15) is 33.7 Å². The highest BCUT2D eigenvalue weighted by Crippen LogP contribution is 2.31. The van der Waals surface area contributed by atoms with Crippen LogP contribution in [0.4, 0.5) is 10.1 Å². The smallest absolute Gasteiger partial charge is 0.299 e. The molecule has 1 amide bonds. The van der Waals surface area contributed by atoms with Crippen LogP contribution < -0.4 is 4.90 Å². The van der Waals surface area contributed by atoms with Crippen molar-refractivity contribution in [1.82, 2.24) is 9.78 Å². The fraction of sp³-hybridized carbons (Fsp3) is 0.227. The van der Waals surface area contributed by atoms with Crippen molar-refractivity contribution in [3.05, 3.63) is 76.9 Å². The van der Waals surface area contributed by atoms with E-state index in [1.54, 1.807) is 30.7 Å². The summed E-state index contributed by atoms with van der Waals surface area (Å²) in [6.07, 6.45) is 1.38. The van der Waals surface area contributed by atoms with Crippen LogP contribution in [0, 0.1) is 19.7 Å². The third-order valence-corrected chi connectivity index (χ3v) is 5.13. The number of aryl methyl sites for hydroxylation is 2. The van der Waals surface area contributed by atoms with Crippen molar-refractivity contribution in [2.75, 3.05) is 11.4 Å². The maximum Gasteiger partial charge on any atom is 0.299 e. The molecule has 142 valence electrons. The van der Waals surface area contributed by atoms with Crippen LogP contribution in [0.25, 0.3) is 5.69 Å². The van der Waals surface area contributed by atoms with Crippen LogP contribution in [-0.4, -0.2) is 28.0 Å². The second kappa shape index (κ2) is 7.03. The average molecular weight is 377 g/mol. The summed E-state index contributed by atoms with van der Waals surface area (Å²) in [5.41, 5.74) is 3.12. The lowest BCUT2D eigenvalue weighted by Crippen LogP contribution is -2.41. The SMILES string of the molecule is Cc1nn(-c2ccccc2)c(C)c1C(=O)C(=O)N1CCCc2cccc(F)c21. The zero-order valence-corrected chi connectivity index (χ0v) is 15.8. The first kappa shape index (κ1) is 18.1. The van der Waals surface area contributed by atoms with Crippen LogP contribution in [0.2, 0.25) is 0 Å². The van der Waals surface area contributed by atoms with Gasteiger partial charge in [-0.15, -0.1) is 0 Å². The van der Waals surface area contributed by atoms with Crippen molar-refractivity contribution in [1.29, 1.82) is 0 Å². The Bertz CT molecular complexity index is 1070. The van der Waals surface area contributed by atoms with E-state index in [9.17, 15) is 14.0 Å². The molecule has 0 fully saturated rings. The maximum absolute atomic E-state index is 14.4. The number of ketones is 1. The molecule has 0 radical (unpaired) electrons. The lowest BCUT2D eigenvalue weighted by Gasteiger charge is -2.29. The van der Waals surface area contributed by atoms with E-state index in [1.165, 1.54) is 11.0 Å². The molecule has 0 aliphatic carbocycles. The van der Waals surface area contributed by atoms with Gasteiger partial charge in [0.05, 0.1) is 28.3 Å². The number of aromatic nitrogens is 2. The summed E-state index contributed by atoms with van der Waals surface area (Å²) in [6.45, 7) is 3.79. The van der Waals surface area contributed by atoms with Crippen molar-refractivity contribution >= 4 is 17.4 Å². The number of amides is 1. The van der Waals surface area contributed by atoms with Crippen LogP contribution in [-0.2, 0) is 11.2 Å². The second-order valence-corrected chi connectivity index (χ2v) is 6.93. The Labute approximate surface area is 162 Å². The first-order valence-electron chi connectivity index (χ1n) is 9.24. The largest absolute Gasteiger partial charge is 0.302 e. The molecule has 0 spiro atoms. The molecule has 5 nitrogen and oxygen atoms in total. The molecule has 0 atom stereocenters. The minimum absolute atomic E-state index is 0.220. The Kier molecular flexibility index (Phi) is 4.55. The van der Waals surface area contributed by atoms with E-state index in [1.807, 2.05) is 30.3 Å². The molecule has 2 heterocycles. The summed E-state index contributed by atoms with van der Waals surface area (Å²) in [6, 6.07) is 14.2. The van der Waals surface area contributed by atoms with Crippen LogP contribution in [0.5, 0.6) is 0 Å². The molecule has 0 N–H and O–H groups in total. The third kappa shape index (κ3) is 2.91. The molecule has 0 unspecified atom stereocenters. The van der Waals surface area contributed by atoms with Crippen molar-refractivity contribution in [2.24, 2.45) is 0 Å². The molecule has 1 aliphatic heterocycles. The average Bonchev–Trinajstić information content (AvgIpc) is 3.01. The van der Waals surface area contributed by atoms with Gasteiger partial charge in [0.25, 0.3) is 11.7 Å². The molecule has 1 aromatic heterocycles. The highest BCUT2D eigenvalue weighted by atomic mass is 19.1. The van der Waals surface area contributed by atoms with E-state index >= 15 is 0 Å². The van der Waals surface area contributed by atoms with Gasteiger partial charge in [0.1, 0.15) is 5.82 Å². The first-order valence-corrected chi connectivity index (χ1v) is 9.24.